The van der Waals surface area contributed by atoms with E-state index in [9.17, 15) is 9.50 Å². The molecule has 0 bridgehead atoms. The van der Waals surface area contributed by atoms with Gasteiger partial charge in [-0.3, -0.25) is 0 Å². The van der Waals surface area contributed by atoms with Crippen molar-refractivity contribution in [3.63, 3.8) is 0 Å². The normalized spacial score (nSPS) is 21.3. The molecule has 4 rings (SSSR count). The standard InChI is InChI=1S/C16H16FN5O/c1-10-18-19-15-6-7-16(20-22(10)15)21-9-13(23)8-14(21)11-2-4-12(17)5-3-11/h2-7,13-14,23H,8-9H2,1H3/t13-,14+/m1/s1. The molecule has 1 aromatic carbocycles. The Hall–Kier alpha value is -2.54. The zero-order valence-electron chi connectivity index (χ0n) is 12.6. The van der Waals surface area contributed by atoms with Crippen LogP contribution in [0, 0.1) is 12.7 Å². The van der Waals surface area contributed by atoms with E-state index in [0.717, 1.165) is 11.4 Å². The molecule has 3 aromatic rings. The SMILES string of the molecule is Cc1nnc2ccc(N3C[C@H](O)C[C@H]3c3ccc(F)cc3)nn12. The van der Waals surface area contributed by atoms with Crippen molar-refractivity contribution >= 4 is 11.5 Å². The fourth-order valence-electron chi connectivity index (χ4n) is 3.11. The van der Waals surface area contributed by atoms with E-state index in [1.54, 1.807) is 16.6 Å². The van der Waals surface area contributed by atoms with Gasteiger partial charge in [-0.05, 0) is 43.2 Å². The molecule has 2 aromatic heterocycles. The topological polar surface area (TPSA) is 66.5 Å². The van der Waals surface area contributed by atoms with E-state index < -0.39 is 6.10 Å². The number of aromatic nitrogens is 4. The monoisotopic (exact) mass is 313 g/mol. The summed E-state index contributed by atoms with van der Waals surface area (Å²) in [4.78, 5) is 2.04. The highest BCUT2D eigenvalue weighted by molar-refractivity contribution is 5.49. The largest absolute Gasteiger partial charge is 0.391 e. The Morgan fingerprint density at radius 2 is 1.91 bits per heavy atom. The third-order valence-electron chi connectivity index (χ3n) is 4.23. The van der Waals surface area contributed by atoms with Crippen molar-refractivity contribution < 1.29 is 9.50 Å². The van der Waals surface area contributed by atoms with Gasteiger partial charge in [-0.1, -0.05) is 12.1 Å². The molecule has 0 unspecified atom stereocenters. The van der Waals surface area contributed by atoms with Crippen LogP contribution in [-0.2, 0) is 0 Å². The lowest BCUT2D eigenvalue weighted by Crippen LogP contribution is -2.25. The van der Waals surface area contributed by atoms with E-state index in [4.69, 9.17) is 0 Å². The lowest BCUT2D eigenvalue weighted by Gasteiger charge is -2.25. The van der Waals surface area contributed by atoms with E-state index in [2.05, 4.69) is 15.3 Å². The lowest BCUT2D eigenvalue weighted by atomic mass is 10.0. The number of fused-ring (bicyclic) bond motifs is 1. The number of aliphatic hydroxyl groups is 1. The van der Waals surface area contributed by atoms with E-state index in [0.29, 0.717) is 24.4 Å². The van der Waals surface area contributed by atoms with Crippen molar-refractivity contribution in [2.75, 3.05) is 11.4 Å². The molecule has 23 heavy (non-hydrogen) atoms. The molecule has 1 saturated heterocycles. The van der Waals surface area contributed by atoms with E-state index in [1.165, 1.54) is 12.1 Å². The maximum Gasteiger partial charge on any atom is 0.178 e. The van der Waals surface area contributed by atoms with Crippen LogP contribution in [0.25, 0.3) is 5.65 Å². The van der Waals surface area contributed by atoms with Gasteiger partial charge >= 0.3 is 0 Å². The number of aliphatic hydroxyl groups excluding tert-OH is 1. The maximum atomic E-state index is 13.2. The van der Waals surface area contributed by atoms with Crippen LogP contribution in [0.15, 0.2) is 36.4 Å². The van der Waals surface area contributed by atoms with E-state index in [-0.39, 0.29) is 11.9 Å². The Morgan fingerprint density at radius 1 is 1.13 bits per heavy atom. The summed E-state index contributed by atoms with van der Waals surface area (Å²) < 4.78 is 14.8. The van der Waals surface area contributed by atoms with Crippen molar-refractivity contribution in [3.05, 3.63) is 53.6 Å². The Balaban J connectivity index is 1.74. The highest BCUT2D eigenvalue weighted by Gasteiger charge is 2.33. The number of halogens is 1. The van der Waals surface area contributed by atoms with Gasteiger partial charge in [-0.15, -0.1) is 15.3 Å². The van der Waals surface area contributed by atoms with Gasteiger partial charge in [0.1, 0.15) is 11.6 Å². The summed E-state index contributed by atoms with van der Waals surface area (Å²) in [6.07, 6.45) is 0.150. The number of aryl methyl sites for hydroxylation is 1. The highest BCUT2D eigenvalue weighted by Crippen LogP contribution is 2.35. The first-order chi connectivity index (χ1) is 11.1. The van der Waals surface area contributed by atoms with Crippen LogP contribution in [0.1, 0.15) is 23.9 Å². The Kier molecular flexibility index (Phi) is 3.23. The molecule has 0 amide bonds. The Morgan fingerprint density at radius 3 is 2.70 bits per heavy atom. The molecular weight excluding hydrogens is 297 g/mol. The first-order valence-corrected chi connectivity index (χ1v) is 7.51. The van der Waals surface area contributed by atoms with Gasteiger partial charge < -0.3 is 10.0 Å². The predicted octanol–water partition coefficient (Wildman–Crippen LogP) is 1.88. The molecule has 1 N–H and O–H groups in total. The van der Waals surface area contributed by atoms with Crippen molar-refractivity contribution in [2.45, 2.75) is 25.5 Å². The fraction of sp³-hybridized carbons (Fsp3) is 0.312. The van der Waals surface area contributed by atoms with Gasteiger partial charge in [0.05, 0.1) is 12.1 Å². The minimum atomic E-state index is -0.440. The number of anilines is 1. The third kappa shape index (κ3) is 2.43. The highest BCUT2D eigenvalue weighted by atomic mass is 19.1. The van der Waals surface area contributed by atoms with Crippen molar-refractivity contribution in [1.82, 2.24) is 19.8 Å². The summed E-state index contributed by atoms with van der Waals surface area (Å²) in [6.45, 7) is 2.33. The van der Waals surface area contributed by atoms with E-state index >= 15 is 0 Å². The summed E-state index contributed by atoms with van der Waals surface area (Å²) in [5.41, 5.74) is 1.65. The average molecular weight is 313 g/mol. The molecule has 0 aliphatic carbocycles. The van der Waals surface area contributed by atoms with Crippen molar-refractivity contribution in [1.29, 1.82) is 0 Å². The molecular formula is C16H16FN5O. The molecule has 1 fully saturated rings. The first-order valence-electron chi connectivity index (χ1n) is 7.51. The first kappa shape index (κ1) is 14.1. The smallest absolute Gasteiger partial charge is 0.178 e. The third-order valence-corrected chi connectivity index (χ3v) is 4.23. The number of hydrogen-bond donors (Lipinski definition) is 1. The fourth-order valence-corrected chi connectivity index (χ4v) is 3.11. The minimum Gasteiger partial charge on any atom is -0.391 e. The number of nitrogens with zero attached hydrogens (tertiary/aromatic N) is 5. The number of β-amino-alcohol motifs (C(OH)–C–C–N with tert-alkyl or cyclic N) is 1. The summed E-state index contributed by atoms with van der Waals surface area (Å²) in [5.74, 6) is 1.18. The second-order valence-electron chi connectivity index (χ2n) is 5.82. The van der Waals surface area contributed by atoms with Crippen LogP contribution in [0.3, 0.4) is 0 Å². The van der Waals surface area contributed by atoms with Crippen LogP contribution < -0.4 is 4.90 Å². The second kappa shape index (κ2) is 5.27. The summed E-state index contributed by atoms with van der Waals surface area (Å²) >= 11 is 0. The Labute approximate surface area is 132 Å². The van der Waals surface area contributed by atoms with Crippen LogP contribution >= 0.6 is 0 Å². The van der Waals surface area contributed by atoms with Gasteiger partial charge in [0, 0.05) is 6.54 Å². The van der Waals surface area contributed by atoms with E-state index in [1.807, 2.05) is 24.0 Å². The van der Waals surface area contributed by atoms with Crippen LogP contribution in [0.4, 0.5) is 10.2 Å². The van der Waals surface area contributed by atoms with Gasteiger partial charge in [0.25, 0.3) is 0 Å². The molecule has 0 spiro atoms. The van der Waals surface area contributed by atoms with Gasteiger partial charge in [0.15, 0.2) is 11.5 Å². The summed E-state index contributed by atoms with van der Waals surface area (Å²) in [6, 6.07) is 10.1. The zero-order valence-corrected chi connectivity index (χ0v) is 12.6. The summed E-state index contributed by atoms with van der Waals surface area (Å²) in [5, 5.41) is 22.7. The van der Waals surface area contributed by atoms with Crippen LogP contribution in [0.5, 0.6) is 0 Å². The average Bonchev–Trinajstić information content (AvgIpc) is 3.11. The maximum absolute atomic E-state index is 13.2. The van der Waals surface area contributed by atoms with Gasteiger partial charge in [-0.2, -0.15) is 4.52 Å². The molecule has 6 nitrogen and oxygen atoms in total. The minimum absolute atomic E-state index is 0.0349. The molecule has 0 saturated carbocycles. The molecule has 1 aliphatic rings. The lowest BCUT2D eigenvalue weighted by molar-refractivity contribution is 0.194. The quantitative estimate of drug-likeness (QED) is 0.782. The molecule has 0 radical (unpaired) electrons. The number of benzene rings is 1. The zero-order chi connectivity index (χ0) is 16.0. The molecule has 2 atom stereocenters. The molecule has 1 aliphatic heterocycles. The number of hydrogen-bond acceptors (Lipinski definition) is 5. The van der Waals surface area contributed by atoms with Crippen molar-refractivity contribution in [3.8, 4) is 0 Å². The van der Waals surface area contributed by atoms with Crippen LogP contribution in [-0.4, -0.2) is 37.6 Å². The van der Waals surface area contributed by atoms with Gasteiger partial charge in [0.2, 0.25) is 0 Å². The summed E-state index contributed by atoms with van der Waals surface area (Å²) in [7, 11) is 0. The Bertz CT molecular complexity index is 847. The van der Waals surface area contributed by atoms with Gasteiger partial charge in [-0.25, -0.2) is 4.39 Å². The predicted molar refractivity (Wildman–Crippen MR) is 82.6 cm³/mol. The second-order valence-corrected chi connectivity index (χ2v) is 5.82. The molecule has 118 valence electrons. The molecule has 7 heteroatoms. The number of rotatable bonds is 2. The van der Waals surface area contributed by atoms with Crippen molar-refractivity contribution in [2.24, 2.45) is 0 Å². The van der Waals surface area contributed by atoms with Crippen LogP contribution in [0.2, 0.25) is 0 Å². The molecule has 3 heterocycles.